The van der Waals surface area contributed by atoms with Crippen LogP contribution in [0.2, 0.25) is 0 Å². The molecule has 1 aliphatic heterocycles. The smallest absolute Gasteiger partial charge is 0.223 e. The van der Waals surface area contributed by atoms with E-state index in [1.54, 1.807) is 5.01 Å². The summed E-state index contributed by atoms with van der Waals surface area (Å²) in [6.07, 6.45) is 9.64. The van der Waals surface area contributed by atoms with E-state index >= 15 is 0 Å². The molecule has 0 aliphatic carbocycles. The third-order valence-corrected chi connectivity index (χ3v) is 8.33. The van der Waals surface area contributed by atoms with Crippen molar-refractivity contribution in [3.63, 3.8) is 0 Å². The van der Waals surface area contributed by atoms with Crippen LogP contribution in [-0.2, 0) is 6.54 Å². The highest BCUT2D eigenvalue weighted by molar-refractivity contribution is 7.22. The molecule has 0 unspecified atom stereocenters. The second kappa shape index (κ2) is 12.1. The van der Waals surface area contributed by atoms with Gasteiger partial charge in [-0.2, -0.15) is 0 Å². The summed E-state index contributed by atoms with van der Waals surface area (Å²) in [6.45, 7) is 11.0. The molecule has 1 saturated heterocycles. The maximum Gasteiger partial charge on any atom is 0.223 e. The molecule has 1 fully saturated rings. The molecule has 3 heterocycles. The predicted molar refractivity (Wildman–Crippen MR) is 161 cm³/mol. The Hall–Kier alpha value is -3.26. The van der Waals surface area contributed by atoms with Crippen molar-refractivity contribution in [2.75, 3.05) is 31.5 Å². The van der Waals surface area contributed by atoms with Crippen LogP contribution in [0.5, 0.6) is 0 Å². The molecular formula is C31H38N6S. The molecule has 0 bridgehead atoms. The van der Waals surface area contributed by atoms with Gasteiger partial charge in [-0.25, -0.2) is 15.8 Å². The van der Waals surface area contributed by atoms with Crippen molar-refractivity contribution >= 4 is 27.4 Å². The van der Waals surface area contributed by atoms with Gasteiger partial charge >= 0.3 is 0 Å². The van der Waals surface area contributed by atoms with Crippen LogP contribution >= 0.6 is 11.3 Å². The van der Waals surface area contributed by atoms with Crippen LogP contribution < -0.4 is 11.2 Å². The molecule has 2 aromatic carbocycles. The fourth-order valence-electron chi connectivity index (χ4n) is 5.17. The normalized spacial score (nSPS) is 14.4. The minimum absolute atomic E-state index is 0.625. The average Bonchev–Trinajstić information content (AvgIpc) is 3.36. The van der Waals surface area contributed by atoms with E-state index in [4.69, 9.17) is 10.8 Å². The molecular weight excluding hydrogens is 488 g/mol. The number of aryl methyl sites for hydroxylation is 2. The van der Waals surface area contributed by atoms with E-state index in [1.165, 1.54) is 64.7 Å². The summed E-state index contributed by atoms with van der Waals surface area (Å²) >= 11 is 1.82. The van der Waals surface area contributed by atoms with Gasteiger partial charge in [-0.05, 0) is 80.4 Å². The van der Waals surface area contributed by atoms with E-state index in [2.05, 4.69) is 71.5 Å². The summed E-state index contributed by atoms with van der Waals surface area (Å²) in [5.74, 6) is 6.56. The molecule has 0 saturated carbocycles. The van der Waals surface area contributed by atoms with E-state index in [-0.39, 0.29) is 0 Å². The number of benzene rings is 2. The Kier molecular flexibility index (Phi) is 8.37. The van der Waals surface area contributed by atoms with Crippen LogP contribution in [0.1, 0.15) is 42.9 Å². The Labute approximate surface area is 230 Å². The number of aromatic nitrogens is 2. The Morgan fingerprint density at radius 2 is 1.92 bits per heavy atom. The lowest BCUT2D eigenvalue weighted by Gasteiger charge is -2.27. The summed E-state index contributed by atoms with van der Waals surface area (Å²) in [5, 5.41) is 6.23. The standard InChI is InChI=1S/C31H38N6S/c1-4-14-37(32)17-13-33-31-34-20-23(3)29(35-31)28-19-24-9-8-10-26(30(24)38-28)27-18-22(2)11-12-25(27)21-36-15-6-5-7-16-36/h4,8-12,14,18-20H,5-7,13,15-17,21,32H2,1-3H3,(H,33,34,35)/b14-4-. The van der Waals surface area contributed by atoms with Crippen LogP contribution in [0.4, 0.5) is 5.95 Å². The fourth-order valence-corrected chi connectivity index (χ4v) is 6.41. The summed E-state index contributed by atoms with van der Waals surface area (Å²) < 4.78 is 1.31. The molecule has 38 heavy (non-hydrogen) atoms. The molecule has 0 radical (unpaired) electrons. The van der Waals surface area contributed by atoms with Gasteiger partial charge in [0.05, 0.1) is 17.1 Å². The maximum absolute atomic E-state index is 5.94. The van der Waals surface area contributed by atoms with Crippen molar-refractivity contribution in [1.82, 2.24) is 19.9 Å². The number of nitrogens with two attached hydrogens (primary N) is 1. The van der Waals surface area contributed by atoms with Gasteiger partial charge in [-0.15, -0.1) is 11.3 Å². The molecule has 1 aliphatic rings. The van der Waals surface area contributed by atoms with Crippen molar-refractivity contribution in [3.8, 4) is 21.7 Å². The number of nitrogens with zero attached hydrogens (tertiary/aromatic N) is 4. The van der Waals surface area contributed by atoms with Crippen molar-refractivity contribution in [3.05, 3.63) is 77.6 Å². The second-order valence-electron chi connectivity index (χ2n) is 10.2. The SMILES string of the molecule is C/C=C\N(N)CCNc1ncc(C)c(-c2cc3cccc(-c4cc(C)ccc4CN4CCCCC4)c3s2)n1. The largest absolute Gasteiger partial charge is 0.352 e. The van der Waals surface area contributed by atoms with Crippen LogP contribution in [0, 0.1) is 13.8 Å². The molecule has 5 rings (SSSR count). The summed E-state index contributed by atoms with van der Waals surface area (Å²) in [7, 11) is 0. The van der Waals surface area contributed by atoms with Gasteiger partial charge in [-0.3, -0.25) is 4.90 Å². The number of nitrogens with one attached hydrogen (secondary N) is 1. The molecule has 2 aromatic heterocycles. The van der Waals surface area contributed by atoms with E-state index in [9.17, 15) is 0 Å². The van der Waals surface area contributed by atoms with Gasteiger partial charge < -0.3 is 10.3 Å². The van der Waals surface area contributed by atoms with Gasteiger partial charge in [0, 0.05) is 30.2 Å². The first-order valence-corrected chi connectivity index (χ1v) is 14.4. The van der Waals surface area contributed by atoms with E-state index in [0.29, 0.717) is 19.0 Å². The first-order chi connectivity index (χ1) is 18.5. The van der Waals surface area contributed by atoms with Crippen LogP contribution in [0.25, 0.3) is 31.8 Å². The number of hydrazine groups is 1. The van der Waals surface area contributed by atoms with Crippen molar-refractivity contribution in [1.29, 1.82) is 0 Å². The first-order valence-electron chi connectivity index (χ1n) is 13.6. The lowest BCUT2D eigenvalue weighted by atomic mass is 9.96. The zero-order chi connectivity index (χ0) is 26.5. The Bertz CT molecular complexity index is 1420. The van der Waals surface area contributed by atoms with Gasteiger partial charge in [0.15, 0.2) is 0 Å². The topological polar surface area (TPSA) is 70.3 Å². The summed E-state index contributed by atoms with van der Waals surface area (Å²) in [5.41, 5.74) is 7.42. The fraction of sp³-hybridized carbons (Fsp3) is 0.355. The summed E-state index contributed by atoms with van der Waals surface area (Å²) in [4.78, 5) is 13.2. The lowest BCUT2D eigenvalue weighted by molar-refractivity contribution is 0.221. The van der Waals surface area contributed by atoms with Crippen LogP contribution in [-0.4, -0.2) is 46.1 Å². The number of likely N-dealkylation sites (tertiary alicyclic amines) is 1. The van der Waals surface area contributed by atoms with E-state index < -0.39 is 0 Å². The van der Waals surface area contributed by atoms with Crippen molar-refractivity contribution < 1.29 is 0 Å². The minimum atomic E-state index is 0.625. The van der Waals surface area contributed by atoms with Gasteiger partial charge in [0.2, 0.25) is 5.95 Å². The number of allylic oxidation sites excluding steroid dienone is 1. The average molecular weight is 527 g/mol. The number of hydrogen-bond donors (Lipinski definition) is 2. The van der Waals surface area contributed by atoms with Gasteiger partial charge in [-0.1, -0.05) is 54.5 Å². The Morgan fingerprint density at radius 3 is 2.74 bits per heavy atom. The highest BCUT2D eigenvalue weighted by Crippen LogP contribution is 2.41. The monoisotopic (exact) mass is 526 g/mol. The zero-order valence-corrected chi connectivity index (χ0v) is 23.5. The van der Waals surface area contributed by atoms with Crippen molar-refractivity contribution in [2.24, 2.45) is 5.84 Å². The molecule has 198 valence electrons. The first kappa shape index (κ1) is 26.4. The summed E-state index contributed by atoms with van der Waals surface area (Å²) in [6, 6.07) is 15.9. The molecule has 0 amide bonds. The van der Waals surface area contributed by atoms with Gasteiger partial charge in [0.1, 0.15) is 0 Å². The Balaban J connectivity index is 1.46. The quantitative estimate of drug-likeness (QED) is 0.186. The molecule has 0 atom stereocenters. The van der Waals surface area contributed by atoms with Gasteiger partial charge in [0.25, 0.3) is 0 Å². The third-order valence-electron chi connectivity index (χ3n) is 7.14. The molecule has 0 spiro atoms. The van der Waals surface area contributed by atoms with Crippen LogP contribution in [0.15, 0.2) is 60.9 Å². The lowest BCUT2D eigenvalue weighted by Crippen LogP contribution is -2.30. The van der Waals surface area contributed by atoms with Crippen LogP contribution in [0.3, 0.4) is 0 Å². The minimum Gasteiger partial charge on any atom is -0.352 e. The number of rotatable bonds is 9. The van der Waals surface area contributed by atoms with E-state index in [1.807, 2.05) is 36.7 Å². The zero-order valence-electron chi connectivity index (χ0n) is 22.7. The Morgan fingerprint density at radius 1 is 1.08 bits per heavy atom. The third kappa shape index (κ3) is 6.07. The number of fused-ring (bicyclic) bond motifs is 1. The number of piperidine rings is 1. The molecule has 7 heteroatoms. The second-order valence-corrected chi connectivity index (χ2v) is 11.3. The highest BCUT2D eigenvalue weighted by atomic mass is 32.1. The molecule has 6 nitrogen and oxygen atoms in total. The van der Waals surface area contributed by atoms with Crippen molar-refractivity contribution in [2.45, 2.75) is 46.6 Å². The highest BCUT2D eigenvalue weighted by Gasteiger charge is 2.17. The number of thiophene rings is 1. The predicted octanol–water partition coefficient (Wildman–Crippen LogP) is 6.75. The molecule has 4 aromatic rings. The number of anilines is 1. The number of hydrogen-bond acceptors (Lipinski definition) is 7. The maximum atomic E-state index is 5.94. The van der Waals surface area contributed by atoms with E-state index in [0.717, 1.165) is 22.7 Å². The molecule has 3 N–H and O–H groups in total.